The van der Waals surface area contributed by atoms with Crippen molar-refractivity contribution in [1.29, 1.82) is 0 Å². The minimum absolute atomic E-state index is 0.135. The standard InChI is InChI=1S/C17H22N4O/c1-19-8-3-6-16(19)17(22)21-10-4-9-20(11-12-21)14-15-5-2-7-18-13-15/h2-3,5-8,13H,4,9-12,14H2,1H3. The van der Waals surface area contributed by atoms with Crippen LogP contribution in [0.3, 0.4) is 0 Å². The molecule has 1 aliphatic heterocycles. The molecule has 2 aromatic rings. The van der Waals surface area contributed by atoms with E-state index in [-0.39, 0.29) is 5.91 Å². The van der Waals surface area contributed by atoms with Crippen molar-refractivity contribution in [3.63, 3.8) is 0 Å². The van der Waals surface area contributed by atoms with E-state index in [1.807, 2.05) is 47.1 Å². The summed E-state index contributed by atoms with van der Waals surface area (Å²) < 4.78 is 1.89. The molecule has 116 valence electrons. The van der Waals surface area contributed by atoms with Gasteiger partial charge in [0.25, 0.3) is 5.91 Å². The SMILES string of the molecule is Cn1cccc1C(=O)N1CCCN(Cc2cccnc2)CC1. The molecule has 0 bridgehead atoms. The average molecular weight is 298 g/mol. The maximum absolute atomic E-state index is 12.6. The van der Waals surface area contributed by atoms with Gasteiger partial charge in [-0.1, -0.05) is 6.07 Å². The normalized spacial score (nSPS) is 16.5. The van der Waals surface area contributed by atoms with Gasteiger partial charge in [-0.25, -0.2) is 0 Å². The smallest absolute Gasteiger partial charge is 0.270 e. The Morgan fingerprint density at radius 3 is 2.82 bits per heavy atom. The third-order valence-electron chi connectivity index (χ3n) is 4.17. The first-order valence-corrected chi connectivity index (χ1v) is 7.76. The fourth-order valence-electron chi connectivity index (χ4n) is 2.93. The van der Waals surface area contributed by atoms with E-state index >= 15 is 0 Å². The third-order valence-corrected chi connectivity index (χ3v) is 4.17. The van der Waals surface area contributed by atoms with Gasteiger partial charge in [0.15, 0.2) is 0 Å². The van der Waals surface area contributed by atoms with Crippen LogP contribution in [0.1, 0.15) is 22.5 Å². The molecular weight excluding hydrogens is 276 g/mol. The Labute approximate surface area is 131 Å². The van der Waals surface area contributed by atoms with E-state index in [4.69, 9.17) is 0 Å². The molecule has 0 aromatic carbocycles. The molecule has 0 aliphatic carbocycles. The minimum Gasteiger partial charge on any atom is -0.347 e. The number of nitrogens with zero attached hydrogens (tertiary/aromatic N) is 4. The zero-order valence-corrected chi connectivity index (χ0v) is 13.0. The summed E-state index contributed by atoms with van der Waals surface area (Å²) in [6.07, 6.45) is 6.64. The van der Waals surface area contributed by atoms with Crippen LogP contribution in [0.5, 0.6) is 0 Å². The van der Waals surface area contributed by atoms with Gasteiger partial charge in [0, 0.05) is 58.4 Å². The van der Waals surface area contributed by atoms with E-state index in [0.29, 0.717) is 0 Å². The van der Waals surface area contributed by atoms with E-state index < -0.39 is 0 Å². The quantitative estimate of drug-likeness (QED) is 0.867. The topological polar surface area (TPSA) is 41.4 Å². The van der Waals surface area contributed by atoms with Crippen LogP contribution in [0.2, 0.25) is 0 Å². The van der Waals surface area contributed by atoms with Crippen molar-refractivity contribution >= 4 is 5.91 Å². The molecule has 0 saturated carbocycles. The highest BCUT2D eigenvalue weighted by Crippen LogP contribution is 2.11. The summed E-state index contributed by atoms with van der Waals surface area (Å²) in [5, 5.41) is 0. The van der Waals surface area contributed by atoms with Crippen LogP contribution in [-0.4, -0.2) is 51.4 Å². The van der Waals surface area contributed by atoms with Crippen molar-refractivity contribution in [3.8, 4) is 0 Å². The molecule has 3 rings (SSSR count). The molecule has 1 amide bonds. The van der Waals surface area contributed by atoms with E-state index in [0.717, 1.165) is 44.8 Å². The number of rotatable bonds is 3. The average Bonchev–Trinajstić information content (AvgIpc) is 2.82. The molecule has 1 aliphatic rings. The van der Waals surface area contributed by atoms with Gasteiger partial charge in [-0.05, 0) is 30.2 Å². The fraction of sp³-hybridized carbons (Fsp3) is 0.412. The van der Waals surface area contributed by atoms with E-state index in [9.17, 15) is 4.79 Å². The Kier molecular flexibility index (Phi) is 4.53. The summed E-state index contributed by atoms with van der Waals surface area (Å²) in [7, 11) is 1.92. The van der Waals surface area contributed by atoms with Gasteiger partial charge in [0.1, 0.15) is 5.69 Å². The maximum atomic E-state index is 12.6. The lowest BCUT2D eigenvalue weighted by Gasteiger charge is -2.22. The van der Waals surface area contributed by atoms with E-state index in [1.54, 1.807) is 6.20 Å². The molecule has 0 atom stereocenters. The van der Waals surface area contributed by atoms with E-state index in [1.165, 1.54) is 5.56 Å². The number of hydrogen-bond acceptors (Lipinski definition) is 3. The monoisotopic (exact) mass is 298 g/mol. The highest BCUT2D eigenvalue weighted by Gasteiger charge is 2.21. The summed E-state index contributed by atoms with van der Waals surface area (Å²) >= 11 is 0. The second-order valence-corrected chi connectivity index (χ2v) is 5.79. The van der Waals surface area contributed by atoms with Crippen molar-refractivity contribution < 1.29 is 4.79 Å². The van der Waals surface area contributed by atoms with Crippen LogP contribution in [0, 0.1) is 0 Å². The molecule has 0 N–H and O–H groups in total. The summed E-state index contributed by atoms with van der Waals surface area (Å²) in [5.41, 5.74) is 1.99. The second kappa shape index (κ2) is 6.75. The molecule has 5 heteroatoms. The molecule has 1 saturated heterocycles. The number of pyridine rings is 1. The molecule has 0 spiro atoms. The predicted octanol–water partition coefficient (Wildman–Crippen LogP) is 1.77. The Bertz CT molecular complexity index is 623. The number of aromatic nitrogens is 2. The van der Waals surface area contributed by atoms with Gasteiger partial charge in [-0.2, -0.15) is 0 Å². The molecule has 22 heavy (non-hydrogen) atoms. The summed E-state index contributed by atoms with van der Waals surface area (Å²) in [6, 6.07) is 7.88. The van der Waals surface area contributed by atoms with Crippen molar-refractivity contribution in [2.75, 3.05) is 26.2 Å². The van der Waals surface area contributed by atoms with Crippen molar-refractivity contribution in [2.24, 2.45) is 7.05 Å². The van der Waals surface area contributed by atoms with Gasteiger partial charge in [0.05, 0.1) is 0 Å². The molecule has 1 fully saturated rings. The first-order chi connectivity index (χ1) is 10.7. The molecule has 0 unspecified atom stereocenters. The minimum atomic E-state index is 0.135. The number of hydrogen-bond donors (Lipinski definition) is 0. The van der Waals surface area contributed by atoms with E-state index in [2.05, 4.69) is 16.0 Å². The first-order valence-electron chi connectivity index (χ1n) is 7.76. The maximum Gasteiger partial charge on any atom is 0.270 e. The van der Waals surface area contributed by atoms with Gasteiger partial charge in [-0.15, -0.1) is 0 Å². The Morgan fingerprint density at radius 2 is 2.09 bits per heavy atom. The molecule has 2 aromatic heterocycles. The number of amides is 1. The lowest BCUT2D eigenvalue weighted by molar-refractivity contribution is 0.0751. The van der Waals surface area contributed by atoms with Crippen LogP contribution >= 0.6 is 0 Å². The van der Waals surface area contributed by atoms with Crippen LogP contribution in [-0.2, 0) is 13.6 Å². The molecule has 0 radical (unpaired) electrons. The Morgan fingerprint density at radius 1 is 1.18 bits per heavy atom. The summed E-state index contributed by atoms with van der Waals surface area (Å²) in [6.45, 7) is 4.44. The van der Waals surface area contributed by atoms with Crippen LogP contribution < -0.4 is 0 Å². The van der Waals surface area contributed by atoms with Gasteiger partial charge < -0.3 is 9.47 Å². The van der Waals surface area contributed by atoms with Crippen LogP contribution in [0.15, 0.2) is 42.9 Å². The largest absolute Gasteiger partial charge is 0.347 e. The summed E-state index contributed by atoms with van der Waals surface area (Å²) in [5.74, 6) is 0.135. The van der Waals surface area contributed by atoms with Crippen molar-refractivity contribution in [1.82, 2.24) is 19.4 Å². The highest BCUT2D eigenvalue weighted by atomic mass is 16.2. The molecular formula is C17H22N4O. The van der Waals surface area contributed by atoms with Gasteiger partial charge in [-0.3, -0.25) is 14.7 Å². The predicted molar refractivity (Wildman–Crippen MR) is 85.4 cm³/mol. The van der Waals surface area contributed by atoms with Crippen LogP contribution in [0.4, 0.5) is 0 Å². The zero-order valence-electron chi connectivity index (χ0n) is 13.0. The van der Waals surface area contributed by atoms with Crippen molar-refractivity contribution in [3.05, 3.63) is 54.1 Å². The number of carbonyl (C=O) groups excluding carboxylic acids is 1. The third kappa shape index (κ3) is 3.36. The lowest BCUT2D eigenvalue weighted by Crippen LogP contribution is -2.35. The number of carbonyl (C=O) groups is 1. The van der Waals surface area contributed by atoms with Crippen molar-refractivity contribution in [2.45, 2.75) is 13.0 Å². The molecule has 5 nitrogen and oxygen atoms in total. The fourth-order valence-corrected chi connectivity index (χ4v) is 2.93. The lowest BCUT2D eigenvalue weighted by atomic mass is 10.2. The summed E-state index contributed by atoms with van der Waals surface area (Å²) in [4.78, 5) is 21.1. The second-order valence-electron chi connectivity index (χ2n) is 5.79. The number of aryl methyl sites for hydroxylation is 1. The highest BCUT2D eigenvalue weighted by molar-refractivity contribution is 5.92. The Hall–Kier alpha value is -2.14. The Balaban J connectivity index is 1.60. The first kappa shape index (κ1) is 14.8. The molecule has 3 heterocycles. The zero-order chi connectivity index (χ0) is 15.4. The van der Waals surface area contributed by atoms with Gasteiger partial charge in [0.2, 0.25) is 0 Å². The van der Waals surface area contributed by atoms with Gasteiger partial charge >= 0.3 is 0 Å². The van der Waals surface area contributed by atoms with Crippen LogP contribution in [0.25, 0.3) is 0 Å².